The largest absolute Gasteiger partial charge is 0.502 e. The van der Waals surface area contributed by atoms with Crippen LogP contribution in [0.3, 0.4) is 0 Å². The van der Waals surface area contributed by atoms with E-state index in [4.69, 9.17) is 9.47 Å². The second-order valence-electron chi connectivity index (χ2n) is 13.4. The third-order valence-electron chi connectivity index (χ3n) is 8.94. The summed E-state index contributed by atoms with van der Waals surface area (Å²) in [6.45, 7) is 5.12. The lowest BCUT2D eigenvalue weighted by atomic mass is 10.0. The molecule has 0 saturated carbocycles. The van der Waals surface area contributed by atoms with E-state index in [0.29, 0.717) is 6.61 Å². The lowest BCUT2D eigenvalue weighted by molar-refractivity contribution is -0.144. The molecule has 5 heteroatoms. The van der Waals surface area contributed by atoms with Crippen molar-refractivity contribution in [3.63, 3.8) is 0 Å². The monoisotopic (exact) mass is 637 g/mol. The molecule has 0 fully saturated rings. The SMILES string of the molecule is CCCCCCCCCCCCCCCCCCOC(=O)/C=C(\O)C(=O)OCCCCCCCCCCCCCCCCCC. The molecule has 0 amide bonds. The van der Waals surface area contributed by atoms with Gasteiger partial charge < -0.3 is 14.6 Å². The van der Waals surface area contributed by atoms with Crippen molar-refractivity contribution in [3.8, 4) is 0 Å². The Balaban J connectivity index is 3.45. The molecular formula is C40H76O5. The van der Waals surface area contributed by atoms with E-state index < -0.39 is 17.7 Å². The molecule has 0 atom stereocenters. The molecule has 0 unspecified atom stereocenters. The highest BCUT2D eigenvalue weighted by Crippen LogP contribution is 2.15. The van der Waals surface area contributed by atoms with Crippen LogP contribution in [0.5, 0.6) is 0 Å². The zero-order chi connectivity index (χ0) is 32.9. The molecule has 0 aromatic heterocycles. The van der Waals surface area contributed by atoms with E-state index in [1.165, 1.54) is 167 Å². The number of rotatable bonds is 36. The van der Waals surface area contributed by atoms with Crippen LogP contribution in [0, 0.1) is 0 Å². The molecule has 0 aliphatic rings. The van der Waals surface area contributed by atoms with Crippen molar-refractivity contribution >= 4 is 11.9 Å². The average Bonchev–Trinajstić information content (AvgIpc) is 3.03. The summed E-state index contributed by atoms with van der Waals surface area (Å²) in [6, 6.07) is 0. The summed E-state index contributed by atoms with van der Waals surface area (Å²) < 4.78 is 10.2. The molecule has 0 heterocycles. The first kappa shape index (κ1) is 43.5. The Morgan fingerprint density at radius 2 is 0.644 bits per heavy atom. The molecule has 1 N–H and O–H groups in total. The van der Waals surface area contributed by atoms with E-state index in [9.17, 15) is 14.7 Å². The average molecular weight is 637 g/mol. The van der Waals surface area contributed by atoms with Gasteiger partial charge in [-0.15, -0.1) is 0 Å². The maximum absolute atomic E-state index is 11.9. The summed E-state index contributed by atoms with van der Waals surface area (Å²) in [5.41, 5.74) is 0. The van der Waals surface area contributed by atoms with Crippen LogP contribution in [-0.4, -0.2) is 30.3 Å². The van der Waals surface area contributed by atoms with Gasteiger partial charge in [0, 0.05) is 0 Å². The van der Waals surface area contributed by atoms with Gasteiger partial charge in [0.25, 0.3) is 0 Å². The minimum absolute atomic E-state index is 0.267. The Morgan fingerprint density at radius 1 is 0.400 bits per heavy atom. The first-order valence-corrected chi connectivity index (χ1v) is 19.9. The summed E-state index contributed by atoms with van der Waals surface area (Å²) in [6.07, 6.45) is 42.2. The number of carbonyl (C=O) groups excluding carboxylic acids is 2. The van der Waals surface area contributed by atoms with E-state index in [2.05, 4.69) is 13.8 Å². The second kappa shape index (κ2) is 36.9. The highest BCUT2D eigenvalue weighted by atomic mass is 16.5. The highest BCUT2D eigenvalue weighted by molar-refractivity contribution is 5.94. The number of carbonyl (C=O) groups is 2. The van der Waals surface area contributed by atoms with Gasteiger partial charge in [-0.3, -0.25) is 0 Å². The van der Waals surface area contributed by atoms with Gasteiger partial charge >= 0.3 is 11.9 Å². The van der Waals surface area contributed by atoms with Crippen LogP contribution in [-0.2, 0) is 19.1 Å². The third-order valence-corrected chi connectivity index (χ3v) is 8.94. The maximum atomic E-state index is 11.9. The van der Waals surface area contributed by atoms with E-state index in [0.717, 1.165) is 44.6 Å². The van der Waals surface area contributed by atoms with Crippen molar-refractivity contribution in [2.45, 2.75) is 219 Å². The number of unbranched alkanes of at least 4 members (excludes halogenated alkanes) is 30. The molecule has 0 radical (unpaired) electrons. The van der Waals surface area contributed by atoms with Crippen molar-refractivity contribution in [2.24, 2.45) is 0 Å². The Labute approximate surface area is 280 Å². The van der Waals surface area contributed by atoms with Crippen molar-refractivity contribution in [1.29, 1.82) is 0 Å². The molecular weight excluding hydrogens is 560 g/mol. The molecule has 45 heavy (non-hydrogen) atoms. The van der Waals surface area contributed by atoms with Crippen LogP contribution in [0.25, 0.3) is 0 Å². The van der Waals surface area contributed by atoms with Crippen LogP contribution in [0.15, 0.2) is 11.8 Å². The summed E-state index contributed by atoms with van der Waals surface area (Å²) in [4.78, 5) is 23.8. The Kier molecular flexibility index (Phi) is 35.7. The van der Waals surface area contributed by atoms with Gasteiger partial charge in [0.2, 0.25) is 5.76 Å². The molecule has 0 aliphatic carbocycles. The fourth-order valence-electron chi connectivity index (χ4n) is 5.92. The number of esters is 2. The van der Waals surface area contributed by atoms with E-state index in [1.54, 1.807) is 0 Å². The number of aliphatic hydroxyl groups is 1. The van der Waals surface area contributed by atoms with Gasteiger partial charge in [-0.25, -0.2) is 9.59 Å². The molecule has 0 rings (SSSR count). The molecule has 266 valence electrons. The predicted molar refractivity (Wildman–Crippen MR) is 192 cm³/mol. The molecule has 0 aliphatic heterocycles. The van der Waals surface area contributed by atoms with Gasteiger partial charge in [-0.1, -0.05) is 206 Å². The van der Waals surface area contributed by atoms with E-state index in [-0.39, 0.29) is 6.61 Å². The highest BCUT2D eigenvalue weighted by Gasteiger charge is 2.12. The fourth-order valence-corrected chi connectivity index (χ4v) is 5.92. The fraction of sp³-hybridized carbons (Fsp3) is 0.900. The lowest BCUT2D eigenvalue weighted by Crippen LogP contribution is -2.12. The zero-order valence-corrected chi connectivity index (χ0v) is 30.2. The minimum Gasteiger partial charge on any atom is -0.502 e. The first-order valence-electron chi connectivity index (χ1n) is 19.9. The first-order chi connectivity index (χ1) is 22.1. The van der Waals surface area contributed by atoms with Crippen LogP contribution in [0.4, 0.5) is 0 Å². The Hall–Kier alpha value is -1.52. The molecule has 0 bridgehead atoms. The number of ether oxygens (including phenoxy) is 2. The van der Waals surface area contributed by atoms with Crippen molar-refractivity contribution in [3.05, 3.63) is 11.8 Å². The van der Waals surface area contributed by atoms with Crippen LogP contribution in [0.1, 0.15) is 219 Å². The van der Waals surface area contributed by atoms with Gasteiger partial charge in [-0.2, -0.15) is 0 Å². The van der Waals surface area contributed by atoms with E-state index in [1.807, 2.05) is 0 Å². The summed E-state index contributed by atoms with van der Waals surface area (Å²) >= 11 is 0. The maximum Gasteiger partial charge on any atom is 0.373 e. The number of aliphatic hydroxyl groups excluding tert-OH is 1. The number of hydrogen-bond acceptors (Lipinski definition) is 5. The minimum atomic E-state index is -0.852. The van der Waals surface area contributed by atoms with Crippen LogP contribution < -0.4 is 0 Å². The smallest absolute Gasteiger partial charge is 0.373 e. The second-order valence-corrected chi connectivity index (χ2v) is 13.4. The van der Waals surface area contributed by atoms with Crippen molar-refractivity contribution < 1.29 is 24.2 Å². The molecule has 0 saturated heterocycles. The molecule has 5 nitrogen and oxygen atoms in total. The van der Waals surface area contributed by atoms with Crippen LogP contribution in [0.2, 0.25) is 0 Å². The quantitative estimate of drug-likeness (QED) is 0.0320. The van der Waals surface area contributed by atoms with Gasteiger partial charge in [0.1, 0.15) is 0 Å². The normalized spacial score (nSPS) is 11.6. The van der Waals surface area contributed by atoms with Gasteiger partial charge in [0.15, 0.2) is 0 Å². The van der Waals surface area contributed by atoms with Gasteiger partial charge in [0.05, 0.1) is 19.3 Å². The van der Waals surface area contributed by atoms with E-state index >= 15 is 0 Å². The molecule has 0 aromatic rings. The Bertz CT molecular complexity index is 659. The summed E-state index contributed by atoms with van der Waals surface area (Å²) in [7, 11) is 0. The Morgan fingerprint density at radius 3 is 0.933 bits per heavy atom. The lowest BCUT2D eigenvalue weighted by Gasteiger charge is -2.06. The molecule has 0 spiro atoms. The number of hydrogen-bond donors (Lipinski definition) is 1. The third kappa shape index (κ3) is 35.2. The van der Waals surface area contributed by atoms with Crippen molar-refractivity contribution in [1.82, 2.24) is 0 Å². The zero-order valence-electron chi connectivity index (χ0n) is 30.2. The standard InChI is InChI=1S/C40H76O5/c1-3-5-7-9-11-13-15-17-19-21-23-25-27-29-31-33-35-44-39(42)37-38(41)40(43)45-36-34-32-30-28-26-24-22-20-18-16-14-12-10-8-6-4-2/h37,41H,3-36H2,1-2H3/b38-37-. The summed E-state index contributed by atoms with van der Waals surface area (Å²) in [5, 5.41) is 9.85. The molecule has 0 aromatic carbocycles. The predicted octanol–water partition coefficient (Wildman–Crippen LogP) is 13.0. The summed E-state index contributed by atoms with van der Waals surface area (Å²) in [5.74, 6) is -2.22. The van der Waals surface area contributed by atoms with Crippen LogP contribution >= 0.6 is 0 Å². The van der Waals surface area contributed by atoms with Crippen molar-refractivity contribution in [2.75, 3.05) is 13.2 Å². The topological polar surface area (TPSA) is 72.8 Å². The van der Waals surface area contributed by atoms with Gasteiger partial charge in [-0.05, 0) is 12.8 Å².